The van der Waals surface area contributed by atoms with Crippen LogP contribution in [0.2, 0.25) is 0 Å². The predicted octanol–water partition coefficient (Wildman–Crippen LogP) is 1.65. The summed E-state index contributed by atoms with van der Waals surface area (Å²) in [4.78, 5) is 27.4. The van der Waals surface area contributed by atoms with E-state index in [0.717, 1.165) is 24.1 Å². The molecule has 3 N–H and O–H groups in total. The number of hydrogen-bond acceptors (Lipinski definition) is 4. The first kappa shape index (κ1) is 16.0. The van der Waals surface area contributed by atoms with Crippen LogP contribution in [0.4, 0.5) is 0 Å². The highest BCUT2D eigenvalue weighted by Crippen LogP contribution is 2.33. The molecule has 0 bridgehead atoms. The number of nitrogens with two attached hydrogens (primary N) is 1. The summed E-state index contributed by atoms with van der Waals surface area (Å²) in [7, 11) is 0. The van der Waals surface area contributed by atoms with E-state index in [1.54, 1.807) is 16.2 Å². The van der Waals surface area contributed by atoms with Gasteiger partial charge in [-0.2, -0.15) is 0 Å². The van der Waals surface area contributed by atoms with E-state index in [1.807, 2.05) is 31.4 Å². The largest absolute Gasteiger partial charge is 0.344 e. The Kier molecular flexibility index (Phi) is 5.36. The van der Waals surface area contributed by atoms with E-state index >= 15 is 0 Å². The van der Waals surface area contributed by atoms with Crippen molar-refractivity contribution in [2.45, 2.75) is 51.2 Å². The SMILES string of the molecule is CC(N)[C@H](C)NC(=O)C(=O)N1CCCCC1c1cccs1. The van der Waals surface area contributed by atoms with Crippen LogP contribution in [0.25, 0.3) is 0 Å². The third kappa shape index (κ3) is 3.83. The first-order valence-electron chi connectivity index (χ1n) is 7.41. The Morgan fingerprint density at radius 1 is 1.43 bits per heavy atom. The molecule has 5 nitrogen and oxygen atoms in total. The van der Waals surface area contributed by atoms with Crippen LogP contribution in [0.3, 0.4) is 0 Å². The molecule has 1 saturated heterocycles. The number of nitrogens with one attached hydrogen (secondary N) is 1. The van der Waals surface area contributed by atoms with E-state index in [-0.39, 0.29) is 18.1 Å². The minimum absolute atomic E-state index is 0.0302. The van der Waals surface area contributed by atoms with Gasteiger partial charge in [0.2, 0.25) is 0 Å². The number of carbonyl (C=O) groups excluding carboxylic acids is 2. The molecule has 1 fully saturated rings. The van der Waals surface area contributed by atoms with Crippen molar-refractivity contribution < 1.29 is 9.59 Å². The average Bonchev–Trinajstić information content (AvgIpc) is 3.00. The third-order valence-corrected chi connectivity index (χ3v) is 4.95. The summed E-state index contributed by atoms with van der Waals surface area (Å²) in [5.41, 5.74) is 5.73. The van der Waals surface area contributed by atoms with E-state index in [9.17, 15) is 9.59 Å². The van der Waals surface area contributed by atoms with Gasteiger partial charge in [0, 0.05) is 23.5 Å². The van der Waals surface area contributed by atoms with Crippen LogP contribution >= 0.6 is 11.3 Å². The summed E-state index contributed by atoms with van der Waals surface area (Å²) < 4.78 is 0. The second-order valence-corrected chi connectivity index (χ2v) is 6.63. The summed E-state index contributed by atoms with van der Waals surface area (Å²) in [6.45, 7) is 4.26. The van der Waals surface area contributed by atoms with E-state index in [1.165, 1.54) is 0 Å². The van der Waals surface area contributed by atoms with Crippen molar-refractivity contribution in [3.05, 3.63) is 22.4 Å². The topological polar surface area (TPSA) is 75.4 Å². The van der Waals surface area contributed by atoms with Crippen LogP contribution < -0.4 is 11.1 Å². The van der Waals surface area contributed by atoms with Gasteiger partial charge >= 0.3 is 11.8 Å². The standard InChI is InChI=1S/C15H23N3O2S/c1-10(16)11(2)17-14(19)15(20)18-8-4-3-6-12(18)13-7-5-9-21-13/h5,7,9-12H,3-4,6,8,16H2,1-2H3,(H,17,19)/t10?,11-,12?/m0/s1. The maximum atomic E-state index is 12.4. The van der Waals surface area contributed by atoms with Crippen molar-refractivity contribution in [1.29, 1.82) is 0 Å². The molecule has 116 valence electrons. The molecule has 0 aromatic carbocycles. The average molecular weight is 309 g/mol. The normalized spacial score (nSPS) is 21.7. The molecule has 2 unspecified atom stereocenters. The number of hydrogen-bond donors (Lipinski definition) is 2. The molecule has 2 amide bonds. The van der Waals surface area contributed by atoms with Crippen LogP contribution in [0, 0.1) is 0 Å². The predicted molar refractivity (Wildman–Crippen MR) is 83.9 cm³/mol. The summed E-state index contributed by atoms with van der Waals surface area (Å²) in [5.74, 6) is -0.996. The molecule has 2 heterocycles. The molecule has 0 spiro atoms. The monoisotopic (exact) mass is 309 g/mol. The van der Waals surface area contributed by atoms with Gasteiger partial charge in [0.25, 0.3) is 0 Å². The van der Waals surface area contributed by atoms with E-state index in [2.05, 4.69) is 5.32 Å². The van der Waals surface area contributed by atoms with Crippen molar-refractivity contribution in [3.8, 4) is 0 Å². The number of piperidine rings is 1. The molecule has 0 radical (unpaired) electrons. The molecular formula is C15H23N3O2S. The molecule has 3 atom stereocenters. The lowest BCUT2D eigenvalue weighted by Gasteiger charge is -2.35. The number of thiophene rings is 1. The van der Waals surface area contributed by atoms with Gasteiger partial charge in [0.05, 0.1) is 6.04 Å². The minimum atomic E-state index is -0.553. The molecule has 1 aromatic heterocycles. The fourth-order valence-corrected chi connectivity index (χ4v) is 3.36. The maximum Gasteiger partial charge on any atom is 0.312 e. The number of carbonyl (C=O) groups is 2. The van der Waals surface area contributed by atoms with Crippen molar-refractivity contribution in [2.24, 2.45) is 5.73 Å². The number of rotatable bonds is 3. The number of nitrogens with zero attached hydrogens (tertiary/aromatic N) is 1. The van der Waals surface area contributed by atoms with Crippen LogP contribution in [0.5, 0.6) is 0 Å². The van der Waals surface area contributed by atoms with Crippen molar-refractivity contribution >= 4 is 23.2 Å². The Bertz CT molecular complexity index is 487. The van der Waals surface area contributed by atoms with Crippen LogP contribution in [0.1, 0.15) is 44.0 Å². The Hall–Kier alpha value is -1.40. The van der Waals surface area contributed by atoms with Gasteiger partial charge in [-0.3, -0.25) is 9.59 Å². The highest BCUT2D eigenvalue weighted by atomic mass is 32.1. The van der Waals surface area contributed by atoms with Gasteiger partial charge in [-0.05, 0) is 44.6 Å². The van der Waals surface area contributed by atoms with Gasteiger partial charge in [-0.1, -0.05) is 6.07 Å². The maximum absolute atomic E-state index is 12.4. The molecule has 1 aliphatic heterocycles. The van der Waals surface area contributed by atoms with Crippen LogP contribution in [0.15, 0.2) is 17.5 Å². The van der Waals surface area contributed by atoms with Gasteiger partial charge < -0.3 is 16.0 Å². The van der Waals surface area contributed by atoms with Gasteiger partial charge in [0.1, 0.15) is 0 Å². The molecule has 1 aromatic rings. The Morgan fingerprint density at radius 3 is 2.81 bits per heavy atom. The van der Waals surface area contributed by atoms with Gasteiger partial charge in [0.15, 0.2) is 0 Å². The Labute approximate surface area is 129 Å². The van der Waals surface area contributed by atoms with E-state index in [0.29, 0.717) is 6.54 Å². The number of amides is 2. The highest BCUT2D eigenvalue weighted by Gasteiger charge is 2.32. The Morgan fingerprint density at radius 2 is 2.19 bits per heavy atom. The Balaban J connectivity index is 2.07. The van der Waals surface area contributed by atoms with Crippen LogP contribution in [-0.4, -0.2) is 35.3 Å². The molecule has 0 aliphatic carbocycles. The summed E-state index contributed by atoms with van der Waals surface area (Å²) in [6.07, 6.45) is 2.95. The third-order valence-electron chi connectivity index (χ3n) is 3.98. The lowest BCUT2D eigenvalue weighted by molar-refractivity contribution is -0.148. The van der Waals surface area contributed by atoms with Crippen LogP contribution in [-0.2, 0) is 9.59 Å². The minimum Gasteiger partial charge on any atom is -0.344 e. The van der Waals surface area contributed by atoms with Gasteiger partial charge in [-0.15, -0.1) is 11.3 Å². The summed E-state index contributed by atoms with van der Waals surface area (Å²) in [6, 6.07) is 3.64. The van der Waals surface area contributed by atoms with E-state index < -0.39 is 11.8 Å². The zero-order chi connectivity index (χ0) is 15.4. The zero-order valence-corrected chi connectivity index (χ0v) is 13.4. The zero-order valence-electron chi connectivity index (χ0n) is 12.5. The first-order chi connectivity index (χ1) is 10.0. The lowest BCUT2D eigenvalue weighted by atomic mass is 10.0. The van der Waals surface area contributed by atoms with Crippen molar-refractivity contribution in [2.75, 3.05) is 6.54 Å². The number of likely N-dealkylation sites (tertiary alicyclic amines) is 1. The molecule has 0 saturated carbocycles. The molecule has 1 aliphatic rings. The summed E-state index contributed by atoms with van der Waals surface area (Å²) in [5, 5.41) is 4.70. The highest BCUT2D eigenvalue weighted by molar-refractivity contribution is 7.10. The van der Waals surface area contributed by atoms with Gasteiger partial charge in [-0.25, -0.2) is 0 Å². The smallest absolute Gasteiger partial charge is 0.312 e. The molecule has 21 heavy (non-hydrogen) atoms. The second-order valence-electron chi connectivity index (χ2n) is 5.65. The van der Waals surface area contributed by atoms with Crippen molar-refractivity contribution in [3.63, 3.8) is 0 Å². The second kappa shape index (κ2) is 7.04. The fourth-order valence-electron chi connectivity index (χ4n) is 2.48. The molecule has 2 rings (SSSR count). The van der Waals surface area contributed by atoms with E-state index in [4.69, 9.17) is 5.73 Å². The summed E-state index contributed by atoms with van der Waals surface area (Å²) >= 11 is 1.64. The lowest BCUT2D eigenvalue weighted by Crippen LogP contribution is -2.51. The molecule has 6 heteroatoms. The quantitative estimate of drug-likeness (QED) is 0.834. The first-order valence-corrected chi connectivity index (χ1v) is 8.29. The molecular weight excluding hydrogens is 286 g/mol. The van der Waals surface area contributed by atoms with Crippen molar-refractivity contribution in [1.82, 2.24) is 10.2 Å². The fraction of sp³-hybridized carbons (Fsp3) is 0.600.